The molecule has 0 spiro atoms. The van der Waals surface area contributed by atoms with Crippen LogP contribution in [-0.2, 0) is 0 Å². The van der Waals surface area contributed by atoms with Crippen LogP contribution in [0.1, 0.15) is 18.5 Å². The fourth-order valence-electron chi connectivity index (χ4n) is 1.59. The Hall–Kier alpha value is -2.08. The quantitative estimate of drug-likeness (QED) is 0.658. The first-order chi connectivity index (χ1) is 8.58. The summed E-state index contributed by atoms with van der Waals surface area (Å²) >= 11 is 5.75. The van der Waals surface area contributed by atoms with Gasteiger partial charge in [0.2, 0.25) is 0 Å². The minimum absolute atomic E-state index is 0.0437. The van der Waals surface area contributed by atoms with Crippen LogP contribution in [0.25, 0.3) is 0 Å². The molecule has 0 amide bonds. The number of nitro groups is 1. The van der Waals surface area contributed by atoms with Crippen molar-refractivity contribution in [3.05, 3.63) is 51.3 Å². The molecule has 0 fully saturated rings. The molecule has 1 aromatic carbocycles. The van der Waals surface area contributed by atoms with E-state index >= 15 is 0 Å². The van der Waals surface area contributed by atoms with Gasteiger partial charge in [-0.3, -0.25) is 15.2 Å². The first-order valence-corrected chi connectivity index (χ1v) is 5.65. The van der Waals surface area contributed by atoms with Crippen LogP contribution in [0.4, 0.5) is 11.4 Å². The Kier molecular flexibility index (Phi) is 3.47. The molecule has 6 nitrogen and oxygen atoms in total. The number of aromatic nitrogens is 2. The molecule has 0 saturated carbocycles. The first-order valence-electron chi connectivity index (χ1n) is 5.27. The summed E-state index contributed by atoms with van der Waals surface area (Å²) in [6.07, 6.45) is 3.40. The van der Waals surface area contributed by atoms with E-state index in [1.807, 2.05) is 6.92 Å². The monoisotopic (exact) mass is 266 g/mol. The van der Waals surface area contributed by atoms with Crippen LogP contribution in [0.15, 0.2) is 30.6 Å². The fourth-order valence-corrected chi connectivity index (χ4v) is 1.76. The molecular weight excluding hydrogens is 256 g/mol. The maximum Gasteiger partial charge on any atom is 0.293 e. The zero-order valence-corrected chi connectivity index (χ0v) is 10.3. The van der Waals surface area contributed by atoms with E-state index in [1.54, 1.807) is 24.5 Å². The summed E-state index contributed by atoms with van der Waals surface area (Å²) < 4.78 is 0. The summed E-state index contributed by atoms with van der Waals surface area (Å²) in [5.41, 5.74) is 1.30. The van der Waals surface area contributed by atoms with Crippen LogP contribution in [0.2, 0.25) is 5.02 Å². The number of H-pyrrole nitrogens is 1. The lowest BCUT2D eigenvalue weighted by Crippen LogP contribution is -2.07. The van der Waals surface area contributed by atoms with E-state index in [0.29, 0.717) is 10.7 Å². The van der Waals surface area contributed by atoms with Crippen LogP contribution in [0.5, 0.6) is 0 Å². The van der Waals surface area contributed by atoms with Gasteiger partial charge in [0.05, 0.1) is 17.2 Å². The minimum Gasteiger partial charge on any atom is -0.373 e. The predicted octanol–water partition coefficient (Wildman–Crippen LogP) is 3.14. The smallest absolute Gasteiger partial charge is 0.293 e. The van der Waals surface area contributed by atoms with Gasteiger partial charge in [-0.25, -0.2) is 0 Å². The van der Waals surface area contributed by atoms with Gasteiger partial charge in [0, 0.05) is 22.8 Å². The van der Waals surface area contributed by atoms with Gasteiger partial charge in [-0.1, -0.05) is 11.6 Å². The van der Waals surface area contributed by atoms with E-state index in [4.69, 9.17) is 11.6 Å². The maximum atomic E-state index is 10.9. The topological polar surface area (TPSA) is 83.8 Å². The molecule has 0 bridgehead atoms. The number of benzene rings is 1. The molecule has 0 aliphatic carbocycles. The predicted molar refractivity (Wildman–Crippen MR) is 68.7 cm³/mol. The van der Waals surface area contributed by atoms with Gasteiger partial charge in [0.15, 0.2) is 0 Å². The van der Waals surface area contributed by atoms with E-state index < -0.39 is 4.92 Å². The maximum absolute atomic E-state index is 10.9. The van der Waals surface area contributed by atoms with E-state index in [0.717, 1.165) is 5.56 Å². The highest BCUT2D eigenvalue weighted by atomic mass is 35.5. The third-order valence-corrected chi connectivity index (χ3v) is 2.78. The molecule has 1 heterocycles. The lowest BCUT2D eigenvalue weighted by molar-refractivity contribution is -0.384. The summed E-state index contributed by atoms with van der Waals surface area (Å²) in [7, 11) is 0. The Morgan fingerprint density at radius 3 is 2.94 bits per heavy atom. The molecule has 2 N–H and O–H groups in total. The van der Waals surface area contributed by atoms with E-state index in [2.05, 4.69) is 15.5 Å². The van der Waals surface area contributed by atoms with Crippen molar-refractivity contribution in [3.63, 3.8) is 0 Å². The van der Waals surface area contributed by atoms with Crippen LogP contribution in [0, 0.1) is 10.1 Å². The first kappa shape index (κ1) is 12.4. The highest BCUT2D eigenvalue weighted by Gasteiger charge is 2.16. The minimum atomic E-state index is -0.462. The van der Waals surface area contributed by atoms with Crippen molar-refractivity contribution >= 4 is 23.0 Å². The average Bonchev–Trinajstić information content (AvgIpc) is 2.84. The lowest BCUT2D eigenvalue weighted by atomic mass is 10.1. The fraction of sp³-hybridized carbons (Fsp3) is 0.182. The molecule has 7 heteroatoms. The SMILES string of the molecule is CC(Nc1ccc(Cl)cc1[N+](=O)[O-])c1cn[nH]c1. The average molecular weight is 267 g/mol. The standard InChI is InChI=1S/C11H11ClN4O2/c1-7(8-5-13-14-6-8)15-10-3-2-9(12)4-11(10)16(17)18/h2-7,15H,1H3,(H,13,14). The van der Waals surface area contributed by atoms with Crippen molar-refractivity contribution in [3.8, 4) is 0 Å². The largest absolute Gasteiger partial charge is 0.373 e. The number of anilines is 1. The van der Waals surface area contributed by atoms with Gasteiger partial charge in [-0.15, -0.1) is 0 Å². The number of halogens is 1. The third-order valence-electron chi connectivity index (χ3n) is 2.55. The Bertz CT molecular complexity index is 556. The molecule has 2 rings (SSSR count). The number of nitrogens with one attached hydrogen (secondary N) is 2. The normalized spacial score (nSPS) is 12.1. The van der Waals surface area contributed by atoms with E-state index in [9.17, 15) is 10.1 Å². The van der Waals surface area contributed by atoms with Crippen LogP contribution < -0.4 is 5.32 Å². The Balaban J connectivity index is 2.26. The van der Waals surface area contributed by atoms with Gasteiger partial charge < -0.3 is 5.32 Å². The Morgan fingerprint density at radius 1 is 1.56 bits per heavy atom. The number of hydrogen-bond acceptors (Lipinski definition) is 4. The highest BCUT2D eigenvalue weighted by Crippen LogP contribution is 2.30. The summed E-state index contributed by atoms with van der Waals surface area (Å²) in [4.78, 5) is 10.5. The number of nitro benzene ring substituents is 1. The third kappa shape index (κ3) is 2.60. The van der Waals surface area contributed by atoms with Gasteiger partial charge >= 0.3 is 0 Å². The summed E-state index contributed by atoms with van der Waals surface area (Å²) in [6.45, 7) is 1.89. The molecule has 0 aliphatic heterocycles. The van der Waals surface area contributed by atoms with Crippen molar-refractivity contribution in [2.45, 2.75) is 13.0 Å². The van der Waals surface area contributed by atoms with E-state index in [-0.39, 0.29) is 11.7 Å². The molecule has 1 unspecified atom stereocenters. The Labute approximate surface area is 108 Å². The van der Waals surface area contributed by atoms with Gasteiger partial charge in [-0.05, 0) is 19.1 Å². The second-order valence-electron chi connectivity index (χ2n) is 3.82. The van der Waals surface area contributed by atoms with Gasteiger partial charge in [0.25, 0.3) is 5.69 Å². The number of aromatic amines is 1. The lowest BCUT2D eigenvalue weighted by Gasteiger charge is -2.13. The van der Waals surface area contributed by atoms with Crippen LogP contribution >= 0.6 is 11.6 Å². The van der Waals surface area contributed by atoms with Gasteiger partial charge in [-0.2, -0.15) is 5.10 Å². The van der Waals surface area contributed by atoms with Crippen molar-refractivity contribution in [2.24, 2.45) is 0 Å². The number of rotatable bonds is 4. The summed E-state index contributed by atoms with van der Waals surface area (Å²) in [5.74, 6) is 0. The van der Waals surface area contributed by atoms with E-state index in [1.165, 1.54) is 6.07 Å². The molecule has 2 aromatic rings. The number of nitrogens with zero attached hydrogens (tertiary/aromatic N) is 2. The second-order valence-corrected chi connectivity index (χ2v) is 4.25. The van der Waals surface area contributed by atoms with Gasteiger partial charge in [0.1, 0.15) is 5.69 Å². The summed E-state index contributed by atoms with van der Waals surface area (Å²) in [5, 5.41) is 20.9. The molecule has 1 atom stereocenters. The van der Waals surface area contributed by atoms with Crippen molar-refractivity contribution < 1.29 is 4.92 Å². The zero-order chi connectivity index (χ0) is 13.1. The summed E-state index contributed by atoms with van der Waals surface area (Å²) in [6, 6.07) is 4.44. The molecule has 94 valence electrons. The van der Waals surface area contributed by atoms with Crippen LogP contribution in [-0.4, -0.2) is 15.1 Å². The Morgan fingerprint density at radius 2 is 2.33 bits per heavy atom. The molecule has 1 aromatic heterocycles. The highest BCUT2D eigenvalue weighted by molar-refractivity contribution is 6.30. The molecule has 0 saturated heterocycles. The molecule has 0 radical (unpaired) electrons. The zero-order valence-electron chi connectivity index (χ0n) is 9.55. The van der Waals surface area contributed by atoms with Crippen molar-refractivity contribution in [1.82, 2.24) is 10.2 Å². The second kappa shape index (κ2) is 5.05. The molecule has 18 heavy (non-hydrogen) atoms. The molecular formula is C11H11ClN4O2. The van der Waals surface area contributed by atoms with Crippen molar-refractivity contribution in [2.75, 3.05) is 5.32 Å². The van der Waals surface area contributed by atoms with Crippen molar-refractivity contribution in [1.29, 1.82) is 0 Å². The van der Waals surface area contributed by atoms with Crippen LogP contribution in [0.3, 0.4) is 0 Å². The molecule has 0 aliphatic rings. The number of hydrogen-bond donors (Lipinski definition) is 2.